The molecule has 0 saturated carbocycles. The maximum absolute atomic E-state index is 13.9. The minimum Gasteiger partial charge on any atom is -0.472 e. The van der Waals surface area contributed by atoms with Crippen LogP contribution in [0.5, 0.6) is 5.88 Å². The van der Waals surface area contributed by atoms with Crippen LogP contribution in [-0.2, 0) is 6.61 Å². The third-order valence-electron chi connectivity index (χ3n) is 4.58. The molecule has 0 atom stereocenters. The molecule has 2 amide bonds. The maximum Gasteiger partial charge on any atom is 0.319 e. The lowest BCUT2D eigenvalue weighted by molar-refractivity contribution is 0.199. The summed E-state index contributed by atoms with van der Waals surface area (Å²) in [7, 11) is 0. The van der Waals surface area contributed by atoms with Crippen molar-refractivity contribution in [1.29, 1.82) is 0 Å². The normalized spacial score (nSPS) is 11.1. The first-order chi connectivity index (χ1) is 14.8. The Morgan fingerprint density at radius 1 is 1.23 bits per heavy atom. The molecular weight excluding hydrogens is 433 g/mol. The summed E-state index contributed by atoms with van der Waals surface area (Å²) in [6.07, 6.45) is 1.68. The van der Waals surface area contributed by atoms with Gasteiger partial charge in [0.15, 0.2) is 11.6 Å². The van der Waals surface area contributed by atoms with Crippen molar-refractivity contribution < 1.29 is 27.8 Å². The Bertz CT molecular complexity index is 866. The Balaban J connectivity index is 1.74. The summed E-state index contributed by atoms with van der Waals surface area (Å²) >= 11 is 0.944. The zero-order valence-corrected chi connectivity index (χ0v) is 18.3. The van der Waals surface area contributed by atoms with Gasteiger partial charge in [-0.3, -0.25) is 5.32 Å². The van der Waals surface area contributed by atoms with Crippen molar-refractivity contribution >= 4 is 22.6 Å². The molecule has 0 saturated heterocycles. The first kappa shape index (κ1) is 24.9. The number of benzene rings is 1. The number of hydrogen-bond donors (Lipinski definition) is 3. The number of hydrogen-bond acceptors (Lipinski definition) is 6. The number of nitrogens with one attached hydrogen (secondary N) is 2. The molecule has 11 heteroatoms. The number of urea groups is 1. The summed E-state index contributed by atoms with van der Waals surface area (Å²) in [5, 5.41) is 14.7. The monoisotopic (exact) mass is 460 g/mol. The summed E-state index contributed by atoms with van der Waals surface area (Å²) in [6, 6.07) is 1.91. The molecule has 0 radical (unpaired) electrons. The number of ether oxygens (including phenoxy) is 1. The zero-order valence-electron chi connectivity index (χ0n) is 17.5. The van der Waals surface area contributed by atoms with Crippen molar-refractivity contribution in [3.05, 3.63) is 40.7 Å². The summed E-state index contributed by atoms with van der Waals surface area (Å²) < 4.78 is 50.5. The van der Waals surface area contributed by atoms with Crippen LogP contribution in [0.2, 0.25) is 0 Å². The quantitative estimate of drug-likeness (QED) is 0.332. The molecule has 2 rings (SSSR count). The molecule has 0 aliphatic rings. The Kier molecular flexibility index (Phi) is 10.0. The molecule has 0 aliphatic carbocycles. The van der Waals surface area contributed by atoms with E-state index in [4.69, 9.17) is 9.84 Å². The molecule has 0 aliphatic heterocycles. The number of rotatable bonds is 12. The van der Waals surface area contributed by atoms with Gasteiger partial charge < -0.3 is 20.1 Å². The minimum absolute atomic E-state index is 0.0589. The molecule has 0 unspecified atom stereocenters. The van der Waals surface area contributed by atoms with Crippen molar-refractivity contribution in [1.82, 2.24) is 14.6 Å². The Morgan fingerprint density at radius 2 is 2.00 bits per heavy atom. The second-order valence-corrected chi connectivity index (χ2v) is 7.65. The molecule has 3 N–H and O–H groups in total. The Labute approximate surface area is 183 Å². The summed E-state index contributed by atoms with van der Waals surface area (Å²) in [5.74, 6) is -3.25. The SMILES string of the molecule is CCN(CCO)CCCCNC(=O)Nc1cc(OCc2c(F)cc(C)c(F)c2F)ns1. The maximum atomic E-state index is 13.9. The van der Waals surface area contributed by atoms with Crippen LogP contribution in [0.1, 0.15) is 30.9 Å². The van der Waals surface area contributed by atoms with Crippen LogP contribution in [0.25, 0.3) is 0 Å². The number of aliphatic hydroxyl groups is 1. The highest BCUT2D eigenvalue weighted by atomic mass is 32.1. The van der Waals surface area contributed by atoms with Gasteiger partial charge >= 0.3 is 6.03 Å². The van der Waals surface area contributed by atoms with Gasteiger partial charge in [0.1, 0.15) is 17.4 Å². The van der Waals surface area contributed by atoms with E-state index >= 15 is 0 Å². The largest absolute Gasteiger partial charge is 0.472 e. The van der Waals surface area contributed by atoms with Gasteiger partial charge in [0, 0.05) is 19.2 Å². The number of halogens is 3. The molecule has 1 aromatic heterocycles. The Morgan fingerprint density at radius 3 is 2.71 bits per heavy atom. The molecule has 31 heavy (non-hydrogen) atoms. The highest BCUT2D eigenvalue weighted by molar-refractivity contribution is 7.10. The molecule has 172 valence electrons. The molecule has 0 bridgehead atoms. The average Bonchev–Trinajstić information content (AvgIpc) is 3.18. The number of amides is 2. The van der Waals surface area contributed by atoms with E-state index in [1.54, 1.807) is 0 Å². The van der Waals surface area contributed by atoms with Crippen LogP contribution < -0.4 is 15.4 Å². The van der Waals surface area contributed by atoms with Crippen LogP contribution >= 0.6 is 11.5 Å². The van der Waals surface area contributed by atoms with E-state index in [9.17, 15) is 18.0 Å². The van der Waals surface area contributed by atoms with Crippen LogP contribution in [0.4, 0.5) is 23.0 Å². The van der Waals surface area contributed by atoms with Crippen molar-refractivity contribution in [2.75, 3.05) is 38.1 Å². The predicted molar refractivity (Wildman–Crippen MR) is 113 cm³/mol. The molecular formula is C20H27F3N4O3S. The van der Waals surface area contributed by atoms with Crippen LogP contribution in [0, 0.1) is 24.4 Å². The van der Waals surface area contributed by atoms with Crippen LogP contribution in [0.15, 0.2) is 12.1 Å². The fraction of sp³-hybridized carbons (Fsp3) is 0.500. The highest BCUT2D eigenvalue weighted by Crippen LogP contribution is 2.25. The topological polar surface area (TPSA) is 86.7 Å². The first-order valence-corrected chi connectivity index (χ1v) is 10.7. The standard InChI is InChI=1S/C20H27F3N4O3S/c1-3-27(8-9-28)7-5-4-6-24-20(29)25-17-11-16(26-31-17)30-12-14-15(21)10-13(2)18(22)19(14)23/h10-11,28H,3-9,12H2,1-2H3,(H2,24,25,29). The predicted octanol–water partition coefficient (Wildman–Crippen LogP) is 3.66. The molecule has 2 aromatic rings. The lowest BCUT2D eigenvalue weighted by Crippen LogP contribution is -2.31. The van der Waals surface area contributed by atoms with Gasteiger partial charge in [-0.1, -0.05) is 6.92 Å². The minimum atomic E-state index is -1.29. The molecule has 0 fully saturated rings. The van der Waals surface area contributed by atoms with Gasteiger partial charge in [-0.25, -0.2) is 18.0 Å². The first-order valence-electron chi connectivity index (χ1n) is 9.96. The smallest absolute Gasteiger partial charge is 0.319 e. The summed E-state index contributed by atoms with van der Waals surface area (Å²) in [6.45, 7) is 5.73. The van der Waals surface area contributed by atoms with E-state index in [2.05, 4.69) is 19.9 Å². The number of carbonyl (C=O) groups is 1. The molecule has 7 nitrogen and oxygen atoms in total. The van der Waals surface area contributed by atoms with Gasteiger partial charge in [0.05, 0.1) is 12.2 Å². The van der Waals surface area contributed by atoms with Crippen molar-refractivity contribution in [3.8, 4) is 5.88 Å². The number of unbranched alkanes of at least 4 members (excludes halogenated alkanes) is 1. The summed E-state index contributed by atoms with van der Waals surface area (Å²) in [5.41, 5.74) is -0.651. The van der Waals surface area contributed by atoms with E-state index in [0.717, 1.165) is 43.5 Å². The number of anilines is 1. The number of likely N-dealkylation sites (N-methyl/N-ethyl adjacent to an activating group) is 1. The van der Waals surface area contributed by atoms with Gasteiger partial charge in [-0.15, -0.1) is 0 Å². The van der Waals surface area contributed by atoms with E-state index in [1.807, 2.05) is 6.92 Å². The lowest BCUT2D eigenvalue weighted by Gasteiger charge is -2.18. The van der Waals surface area contributed by atoms with Gasteiger partial charge in [0.2, 0.25) is 5.88 Å². The molecule has 0 spiro atoms. The highest BCUT2D eigenvalue weighted by Gasteiger charge is 2.18. The van der Waals surface area contributed by atoms with Crippen LogP contribution in [0.3, 0.4) is 0 Å². The van der Waals surface area contributed by atoms with E-state index in [1.165, 1.54) is 13.0 Å². The molecule has 1 aromatic carbocycles. The van der Waals surface area contributed by atoms with Crippen molar-refractivity contribution in [2.45, 2.75) is 33.3 Å². The van der Waals surface area contributed by atoms with Crippen molar-refractivity contribution in [2.24, 2.45) is 0 Å². The Hall–Kier alpha value is -2.37. The fourth-order valence-corrected chi connectivity index (χ4v) is 3.39. The van der Waals surface area contributed by atoms with Crippen LogP contribution in [-0.4, -0.2) is 53.2 Å². The fourth-order valence-electron chi connectivity index (χ4n) is 2.80. The lowest BCUT2D eigenvalue weighted by atomic mass is 10.1. The summed E-state index contributed by atoms with van der Waals surface area (Å²) in [4.78, 5) is 14.1. The van der Waals surface area contributed by atoms with E-state index in [0.29, 0.717) is 18.1 Å². The zero-order chi connectivity index (χ0) is 22.8. The number of carbonyl (C=O) groups excluding carboxylic acids is 1. The van der Waals surface area contributed by atoms with Gasteiger partial charge in [-0.05, 0) is 56.0 Å². The van der Waals surface area contributed by atoms with E-state index < -0.39 is 35.7 Å². The third-order valence-corrected chi connectivity index (χ3v) is 5.26. The van der Waals surface area contributed by atoms with Gasteiger partial charge in [0.25, 0.3) is 0 Å². The average molecular weight is 461 g/mol. The second kappa shape index (κ2) is 12.5. The van der Waals surface area contributed by atoms with Crippen molar-refractivity contribution in [3.63, 3.8) is 0 Å². The number of nitrogens with zero attached hydrogens (tertiary/aromatic N) is 2. The third kappa shape index (κ3) is 7.67. The number of aryl methyl sites for hydroxylation is 1. The van der Waals surface area contributed by atoms with Gasteiger partial charge in [-0.2, -0.15) is 4.37 Å². The number of aliphatic hydroxyl groups excluding tert-OH is 1. The number of aromatic nitrogens is 1. The molecule has 1 heterocycles. The van der Waals surface area contributed by atoms with E-state index in [-0.39, 0.29) is 18.1 Å². The second-order valence-electron chi connectivity index (χ2n) is 6.85.